The van der Waals surface area contributed by atoms with Crippen LogP contribution in [0.25, 0.3) is 10.9 Å². The molecule has 0 spiro atoms. The minimum Gasteiger partial charge on any atom is -0.356 e. The number of halogens is 1. The molecule has 0 bridgehead atoms. The van der Waals surface area contributed by atoms with Gasteiger partial charge in [0.2, 0.25) is 5.91 Å². The molecule has 5 rings (SSSR count). The van der Waals surface area contributed by atoms with Crippen LogP contribution in [0, 0.1) is 0 Å². The molecule has 3 aromatic rings. The first-order valence-electron chi connectivity index (χ1n) is 11.4. The van der Waals surface area contributed by atoms with Crippen molar-refractivity contribution in [2.45, 2.75) is 44.6 Å². The zero-order chi connectivity index (χ0) is 22.5. The fraction of sp³-hybridized carbons (Fsp3) is 0.385. The Kier molecular flexibility index (Phi) is 5.25. The fourth-order valence-electron chi connectivity index (χ4n) is 5.45. The van der Waals surface area contributed by atoms with Gasteiger partial charge in [-0.3, -0.25) is 9.59 Å². The number of rotatable bonds is 5. The topological polar surface area (TPSA) is 56.4 Å². The maximum atomic E-state index is 13.9. The van der Waals surface area contributed by atoms with Crippen molar-refractivity contribution in [3.8, 4) is 0 Å². The van der Waals surface area contributed by atoms with Gasteiger partial charge in [-0.15, -0.1) is 0 Å². The highest BCUT2D eigenvalue weighted by molar-refractivity contribution is 6.31. The van der Waals surface area contributed by atoms with Crippen molar-refractivity contribution in [2.75, 3.05) is 19.6 Å². The average Bonchev–Trinajstić information content (AvgIpc) is 3.19. The van der Waals surface area contributed by atoms with Crippen molar-refractivity contribution in [1.82, 2.24) is 14.8 Å². The average molecular weight is 450 g/mol. The van der Waals surface area contributed by atoms with E-state index in [2.05, 4.69) is 18.0 Å². The summed E-state index contributed by atoms with van der Waals surface area (Å²) in [7, 11) is 0. The predicted octanol–water partition coefficient (Wildman–Crippen LogP) is 5.04. The summed E-state index contributed by atoms with van der Waals surface area (Å²) in [6.07, 6.45) is 3.03. The molecule has 166 valence electrons. The van der Waals surface area contributed by atoms with Crippen molar-refractivity contribution in [2.24, 2.45) is 0 Å². The van der Waals surface area contributed by atoms with Gasteiger partial charge >= 0.3 is 0 Å². The molecule has 2 aromatic carbocycles. The van der Waals surface area contributed by atoms with E-state index < -0.39 is 5.54 Å². The van der Waals surface area contributed by atoms with Gasteiger partial charge in [0.15, 0.2) is 5.54 Å². The van der Waals surface area contributed by atoms with E-state index in [1.807, 2.05) is 49.4 Å². The summed E-state index contributed by atoms with van der Waals surface area (Å²) in [4.78, 5) is 34.3. The zero-order valence-electron chi connectivity index (χ0n) is 18.5. The summed E-state index contributed by atoms with van der Waals surface area (Å²) in [6, 6.07) is 15.9. The van der Waals surface area contributed by atoms with Gasteiger partial charge in [-0.1, -0.05) is 67.8 Å². The molecular formula is C26H28ClN3O2. The fourth-order valence-corrected chi connectivity index (χ4v) is 5.72. The van der Waals surface area contributed by atoms with Gasteiger partial charge in [0.25, 0.3) is 5.91 Å². The second kappa shape index (κ2) is 7.96. The molecule has 2 aliphatic heterocycles. The number of benzene rings is 2. The van der Waals surface area contributed by atoms with Crippen molar-refractivity contribution >= 4 is 34.3 Å². The Morgan fingerprint density at radius 1 is 1.09 bits per heavy atom. The molecule has 2 aliphatic rings. The van der Waals surface area contributed by atoms with Crippen molar-refractivity contribution in [3.05, 3.63) is 70.4 Å². The van der Waals surface area contributed by atoms with Crippen molar-refractivity contribution in [3.63, 3.8) is 0 Å². The Labute approximate surface area is 193 Å². The molecule has 6 heteroatoms. The van der Waals surface area contributed by atoms with E-state index in [4.69, 9.17) is 11.6 Å². The standard InChI is InChI=1S/C26H28ClN3O2/c1-3-4-9-14-29-16-22(31)30-15-19(17-10-5-7-12-20(17)27)23-18-11-6-8-13-21(18)28-24(23)26(30,2)25(29)32/h5-8,10-13,19,28H,3-4,9,14-16H2,1-2H3. The van der Waals surface area contributed by atoms with Gasteiger partial charge in [-0.2, -0.15) is 0 Å². The predicted molar refractivity (Wildman–Crippen MR) is 127 cm³/mol. The van der Waals surface area contributed by atoms with Gasteiger partial charge in [0.05, 0.1) is 12.2 Å². The second-order valence-electron chi connectivity index (χ2n) is 9.04. The highest BCUT2D eigenvalue weighted by atomic mass is 35.5. The number of amides is 2. The smallest absolute Gasteiger partial charge is 0.254 e. The number of aromatic amines is 1. The Hall–Kier alpha value is -2.79. The Bertz CT molecular complexity index is 1200. The third-order valence-electron chi connectivity index (χ3n) is 7.13. The molecule has 1 saturated heterocycles. The van der Waals surface area contributed by atoms with Crippen LogP contribution in [0.5, 0.6) is 0 Å². The van der Waals surface area contributed by atoms with Crippen LogP contribution in [-0.2, 0) is 15.1 Å². The summed E-state index contributed by atoms with van der Waals surface area (Å²) in [5.41, 5.74) is 2.79. The van der Waals surface area contributed by atoms with Crippen LogP contribution < -0.4 is 0 Å². The Morgan fingerprint density at radius 3 is 2.62 bits per heavy atom. The number of carbonyl (C=O) groups excluding carboxylic acids is 2. The molecule has 0 aliphatic carbocycles. The molecule has 1 fully saturated rings. The number of nitrogens with one attached hydrogen (secondary N) is 1. The second-order valence-corrected chi connectivity index (χ2v) is 9.45. The van der Waals surface area contributed by atoms with E-state index in [-0.39, 0.29) is 24.3 Å². The minimum absolute atomic E-state index is 0.00128. The van der Waals surface area contributed by atoms with E-state index in [9.17, 15) is 9.59 Å². The van der Waals surface area contributed by atoms with Gasteiger partial charge in [0.1, 0.15) is 0 Å². The van der Waals surface area contributed by atoms with Crippen molar-refractivity contribution in [1.29, 1.82) is 0 Å². The minimum atomic E-state index is -1.05. The maximum absolute atomic E-state index is 13.9. The molecule has 0 saturated carbocycles. The van der Waals surface area contributed by atoms with E-state index in [0.717, 1.165) is 47.0 Å². The number of carbonyl (C=O) groups is 2. The van der Waals surface area contributed by atoms with Crippen LogP contribution in [0.2, 0.25) is 5.02 Å². The first-order chi connectivity index (χ1) is 15.5. The lowest BCUT2D eigenvalue weighted by Crippen LogP contribution is -2.67. The molecule has 1 aromatic heterocycles. The third-order valence-corrected chi connectivity index (χ3v) is 7.47. The molecule has 0 radical (unpaired) electrons. The van der Waals surface area contributed by atoms with Crippen LogP contribution >= 0.6 is 11.6 Å². The molecule has 2 atom stereocenters. The zero-order valence-corrected chi connectivity index (χ0v) is 19.3. The summed E-state index contributed by atoms with van der Waals surface area (Å²) < 4.78 is 0. The first kappa shape index (κ1) is 21.1. The lowest BCUT2D eigenvalue weighted by molar-refractivity contribution is -0.166. The van der Waals surface area contributed by atoms with Gasteiger partial charge in [0, 0.05) is 34.9 Å². The van der Waals surface area contributed by atoms with Crippen LogP contribution in [-0.4, -0.2) is 46.2 Å². The number of hydrogen-bond acceptors (Lipinski definition) is 2. The summed E-state index contributed by atoms with van der Waals surface area (Å²) >= 11 is 6.62. The summed E-state index contributed by atoms with van der Waals surface area (Å²) in [5, 5.41) is 1.76. The Morgan fingerprint density at radius 2 is 1.84 bits per heavy atom. The molecular weight excluding hydrogens is 422 g/mol. The number of H-pyrrole nitrogens is 1. The van der Waals surface area contributed by atoms with Gasteiger partial charge < -0.3 is 14.8 Å². The lowest BCUT2D eigenvalue weighted by atomic mass is 9.76. The van der Waals surface area contributed by atoms with Crippen molar-refractivity contribution < 1.29 is 9.59 Å². The van der Waals surface area contributed by atoms with Crippen LogP contribution in [0.3, 0.4) is 0 Å². The highest BCUT2D eigenvalue weighted by Crippen LogP contribution is 2.49. The molecule has 3 heterocycles. The quantitative estimate of drug-likeness (QED) is 0.554. The number of unbranched alkanes of at least 4 members (excludes halogenated alkanes) is 2. The van der Waals surface area contributed by atoms with Crippen LogP contribution in [0.15, 0.2) is 48.5 Å². The third kappa shape index (κ3) is 3.06. The molecule has 1 N–H and O–H groups in total. The number of nitrogens with zero attached hydrogens (tertiary/aromatic N) is 2. The molecule has 5 nitrogen and oxygen atoms in total. The maximum Gasteiger partial charge on any atom is 0.254 e. The van der Waals surface area contributed by atoms with E-state index >= 15 is 0 Å². The number of hydrogen-bond donors (Lipinski definition) is 1. The number of aromatic nitrogens is 1. The van der Waals surface area contributed by atoms with Crippen LogP contribution in [0.4, 0.5) is 0 Å². The number of piperazine rings is 1. The van der Waals surface area contributed by atoms with Crippen LogP contribution in [0.1, 0.15) is 55.8 Å². The normalized spacial score (nSPS) is 22.9. The summed E-state index contributed by atoms with van der Waals surface area (Å²) in [6.45, 7) is 5.23. The largest absolute Gasteiger partial charge is 0.356 e. The molecule has 32 heavy (non-hydrogen) atoms. The first-order valence-corrected chi connectivity index (χ1v) is 11.8. The SMILES string of the molecule is CCCCCN1CC(=O)N2CC(c3ccccc3Cl)c3c([nH]c4ccccc34)C2(C)C1=O. The number of fused-ring (bicyclic) bond motifs is 5. The lowest BCUT2D eigenvalue weighted by Gasteiger charge is -2.51. The van der Waals surface area contributed by atoms with Gasteiger partial charge in [-0.25, -0.2) is 0 Å². The highest BCUT2D eigenvalue weighted by Gasteiger charge is 2.56. The van der Waals surface area contributed by atoms with E-state index in [0.29, 0.717) is 18.1 Å². The van der Waals surface area contributed by atoms with E-state index in [1.54, 1.807) is 9.80 Å². The monoisotopic (exact) mass is 449 g/mol. The number of para-hydroxylation sites is 1. The summed E-state index contributed by atoms with van der Waals surface area (Å²) in [5.74, 6) is -0.116. The molecule has 2 unspecified atom stereocenters. The molecule has 2 amide bonds. The van der Waals surface area contributed by atoms with E-state index in [1.165, 1.54) is 0 Å². The Balaban J connectivity index is 1.69. The van der Waals surface area contributed by atoms with Gasteiger partial charge in [-0.05, 0) is 36.6 Å².